The lowest BCUT2D eigenvalue weighted by Gasteiger charge is -2.36. The van der Waals surface area contributed by atoms with Crippen molar-refractivity contribution in [3.8, 4) is 0 Å². The molecular formula is C16H31N3O. The van der Waals surface area contributed by atoms with Gasteiger partial charge in [-0.15, -0.1) is 0 Å². The Morgan fingerprint density at radius 2 is 1.85 bits per heavy atom. The Morgan fingerprint density at radius 3 is 2.35 bits per heavy atom. The summed E-state index contributed by atoms with van der Waals surface area (Å²) in [4.78, 5) is 15.6. The van der Waals surface area contributed by atoms with E-state index in [1.165, 1.54) is 19.3 Å². The molecule has 1 saturated heterocycles. The van der Waals surface area contributed by atoms with E-state index in [0.29, 0.717) is 12.1 Å². The smallest absolute Gasteiger partial charge is 0.319 e. The summed E-state index contributed by atoms with van der Waals surface area (Å²) < 4.78 is 0. The standard InChI is InChI=1S/C16H31N3O/c1-5-13-6-7-15(12(13)2)17-14-8-10-19(11-9-14)16(20)18(3)4/h12-15,17H,5-11H2,1-4H3. The monoisotopic (exact) mass is 281 g/mol. The van der Waals surface area contributed by atoms with Crippen molar-refractivity contribution in [2.75, 3.05) is 27.2 Å². The lowest BCUT2D eigenvalue weighted by molar-refractivity contribution is 0.148. The normalized spacial score (nSPS) is 31.6. The molecule has 2 fully saturated rings. The molecule has 0 aromatic carbocycles. The molecule has 116 valence electrons. The molecule has 3 atom stereocenters. The van der Waals surface area contributed by atoms with Gasteiger partial charge in [0.2, 0.25) is 0 Å². The first-order valence-electron chi connectivity index (χ1n) is 8.25. The number of rotatable bonds is 3. The number of likely N-dealkylation sites (tertiary alicyclic amines) is 1. The van der Waals surface area contributed by atoms with Crippen molar-refractivity contribution in [3.05, 3.63) is 0 Å². The molecule has 2 rings (SSSR count). The second-order valence-electron chi connectivity index (χ2n) is 6.82. The fraction of sp³-hybridized carbons (Fsp3) is 0.938. The Bertz CT molecular complexity index is 324. The van der Waals surface area contributed by atoms with E-state index >= 15 is 0 Å². The Hall–Kier alpha value is -0.770. The molecule has 3 unspecified atom stereocenters. The minimum Gasteiger partial charge on any atom is -0.331 e. The van der Waals surface area contributed by atoms with Crippen LogP contribution >= 0.6 is 0 Å². The number of hydrogen-bond donors (Lipinski definition) is 1. The average Bonchev–Trinajstić information content (AvgIpc) is 2.79. The van der Waals surface area contributed by atoms with Crippen molar-refractivity contribution in [1.29, 1.82) is 0 Å². The first-order valence-corrected chi connectivity index (χ1v) is 8.25. The highest BCUT2D eigenvalue weighted by Gasteiger charge is 2.33. The topological polar surface area (TPSA) is 35.6 Å². The zero-order valence-electron chi connectivity index (χ0n) is 13.6. The van der Waals surface area contributed by atoms with Gasteiger partial charge >= 0.3 is 6.03 Å². The molecule has 4 nitrogen and oxygen atoms in total. The molecule has 1 aliphatic carbocycles. The highest BCUT2D eigenvalue weighted by atomic mass is 16.2. The number of piperidine rings is 1. The van der Waals surface area contributed by atoms with Gasteiger partial charge in [0.15, 0.2) is 0 Å². The zero-order valence-corrected chi connectivity index (χ0v) is 13.6. The van der Waals surface area contributed by atoms with Gasteiger partial charge in [-0.05, 0) is 37.5 Å². The van der Waals surface area contributed by atoms with Crippen LogP contribution in [-0.4, -0.2) is 55.1 Å². The van der Waals surface area contributed by atoms with E-state index in [1.807, 2.05) is 19.0 Å². The molecule has 2 amide bonds. The second-order valence-corrected chi connectivity index (χ2v) is 6.82. The lowest BCUT2D eigenvalue weighted by Crippen LogP contribution is -2.50. The third-order valence-electron chi connectivity index (χ3n) is 5.35. The van der Waals surface area contributed by atoms with Gasteiger partial charge in [-0.1, -0.05) is 20.3 Å². The number of carbonyl (C=O) groups is 1. The van der Waals surface area contributed by atoms with Gasteiger partial charge in [-0.2, -0.15) is 0 Å². The summed E-state index contributed by atoms with van der Waals surface area (Å²) in [5.41, 5.74) is 0. The first-order chi connectivity index (χ1) is 9.52. The molecule has 1 N–H and O–H groups in total. The molecular weight excluding hydrogens is 250 g/mol. The van der Waals surface area contributed by atoms with E-state index in [1.54, 1.807) is 4.90 Å². The van der Waals surface area contributed by atoms with Crippen LogP contribution in [0.25, 0.3) is 0 Å². The maximum atomic E-state index is 11.9. The molecule has 1 heterocycles. The van der Waals surface area contributed by atoms with Crippen LogP contribution in [0.5, 0.6) is 0 Å². The van der Waals surface area contributed by atoms with Crippen LogP contribution in [0.2, 0.25) is 0 Å². The first kappa shape index (κ1) is 15.6. The average molecular weight is 281 g/mol. The number of nitrogens with one attached hydrogen (secondary N) is 1. The Balaban J connectivity index is 1.76. The molecule has 1 saturated carbocycles. The maximum Gasteiger partial charge on any atom is 0.319 e. The Kier molecular flexibility index (Phi) is 5.30. The fourth-order valence-corrected chi connectivity index (χ4v) is 3.88. The van der Waals surface area contributed by atoms with Crippen molar-refractivity contribution >= 4 is 6.03 Å². The number of amides is 2. The molecule has 2 aliphatic rings. The predicted molar refractivity (Wildman–Crippen MR) is 82.8 cm³/mol. The molecule has 0 spiro atoms. The van der Waals surface area contributed by atoms with Crippen LogP contribution in [0.3, 0.4) is 0 Å². The Morgan fingerprint density at radius 1 is 1.20 bits per heavy atom. The van der Waals surface area contributed by atoms with Crippen LogP contribution in [0.15, 0.2) is 0 Å². The van der Waals surface area contributed by atoms with E-state index in [-0.39, 0.29) is 6.03 Å². The van der Waals surface area contributed by atoms with E-state index < -0.39 is 0 Å². The SMILES string of the molecule is CCC1CCC(NC2CCN(C(=O)N(C)C)CC2)C1C. The van der Waals surface area contributed by atoms with Crippen LogP contribution in [0, 0.1) is 11.8 Å². The van der Waals surface area contributed by atoms with Gasteiger partial charge in [0.25, 0.3) is 0 Å². The highest BCUT2D eigenvalue weighted by Crippen LogP contribution is 2.34. The molecule has 4 heteroatoms. The van der Waals surface area contributed by atoms with Gasteiger partial charge < -0.3 is 15.1 Å². The third kappa shape index (κ3) is 3.46. The summed E-state index contributed by atoms with van der Waals surface area (Å²) in [5.74, 6) is 1.71. The molecule has 0 bridgehead atoms. The number of nitrogens with zero attached hydrogens (tertiary/aromatic N) is 2. The van der Waals surface area contributed by atoms with Gasteiger partial charge in [0, 0.05) is 39.3 Å². The summed E-state index contributed by atoms with van der Waals surface area (Å²) in [6.07, 6.45) is 6.22. The highest BCUT2D eigenvalue weighted by molar-refractivity contribution is 5.73. The van der Waals surface area contributed by atoms with E-state index in [0.717, 1.165) is 37.8 Å². The van der Waals surface area contributed by atoms with Crippen molar-refractivity contribution in [1.82, 2.24) is 15.1 Å². The van der Waals surface area contributed by atoms with Crippen LogP contribution < -0.4 is 5.32 Å². The largest absolute Gasteiger partial charge is 0.331 e. The molecule has 1 aliphatic heterocycles. The number of carbonyl (C=O) groups excluding carboxylic acids is 1. The molecule has 0 aromatic rings. The number of urea groups is 1. The van der Waals surface area contributed by atoms with E-state index in [9.17, 15) is 4.79 Å². The quantitative estimate of drug-likeness (QED) is 0.863. The van der Waals surface area contributed by atoms with Crippen molar-refractivity contribution in [3.63, 3.8) is 0 Å². The minimum atomic E-state index is 0.156. The zero-order chi connectivity index (χ0) is 14.7. The van der Waals surface area contributed by atoms with Gasteiger partial charge in [-0.3, -0.25) is 0 Å². The Labute approximate surface area is 123 Å². The van der Waals surface area contributed by atoms with Gasteiger partial charge in [0.1, 0.15) is 0 Å². The van der Waals surface area contributed by atoms with Crippen LogP contribution in [-0.2, 0) is 0 Å². The van der Waals surface area contributed by atoms with Crippen molar-refractivity contribution in [2.45, 2.75) is 58.0 Å². The van der Waals surface area contributed by atoms with Crippen LogP contribution in [0.1, 0.15) is 46.0 Å². The summed E-state index contributed by atoms with van der Waals surface area (Å²) in [5, 5.41) is 3.87. The van der Waals surface area contributed by atoms with Crippen molar-refractivity contribution < 1.29 is 4.79 Å². The minimum absolute atomic E-state index is 0.156. The third-order valence-corrected chi connectivity index (χ3v) is 5.35. The summed E-state index contributed by atoms with van der Waals surface area (Å²) in [6, 6.07) is 1.45. The van der Waals surface area contributed by atoms with E-state index in [4.69, 9.17) is 0 Å². The summed E-state index contributed by atoms with van der Waals surface area (Å²) in [7, 11) is 3.66. The van der Waals surface area contributed by atoms with Gasteiger partial charge in [-0.25, -0.2) is 4.79 Å². The second kappa shape index (κ2) is 6.79. The fourth-order valence-electron chi connectivity index (χ4n) is 3.88. The molecule has 0 radical (unpaired) electrons. The molecule has 0 aromatic heterocycles. The number of hydrogen-bond acceptors (Lipinski definition) is 2. The van der Waals surface area contributed by atoms with Crippen LogP contribution in [0.4, 0.5) is 4.79 Å². The summed E-state index contributed by atoms with van der Waals surface area (Å²) >= 11 is 0. The van der Waals surface area contributed by atoms with Gasteiger partial charge in [0.05, 0.1) is 0 Å². The maximum absolute atomic E-state index is 11.9. The summed E-state index contributed by atoms with van der Waals surface area (Å²) in [6.45, 7) is 6.51. The predicted octanol–water partition coefficient (Wildman–Crippen LogP) is 2.55. The van der Waals surface area contributed by atoms with Crippen molar-refractivity contribution in [2.24, 2.45) is 11.8 Å². The lowest BCUT2D eigenvalue weighted by atomic mass is 9.92. The van der Waals surface area contributed by atoms with E-state index in [2.05, 4.69) is 19.2 Å². The molecule has 20 heavy (non-hydrogen) atoms.